The maximum absolute atomic E-state index is 12.3. The number of hydrogen-bond donors (Lipinski definition) is 2. The van der Waals surface area contributed by atoms with Crippen molar-refractivity contribution in [3.05, 3.63) is 12.4 Å². The third-order valence-corrected chi connectivity index (χ3v) is 4.43. The molecule has 3 rings (SSSR count). The number of nitrogens with zero attached hydrogens (tertiary/aromatic N) is 3. The zero-order valence-electron chi connectivity index (χ0n) is 12.6. The highest BCUT2D eigenvalue weighted by Crippen LogP contribution is 2.20. The largest absolute Gasteiger partial charge is 0.325 e. The van der Waals surface area contributed by atoms with Crippen LogP contribution in [0.4, 0.5) is 10.5 Å². The summed E-state index contributed by atoms with van der Waals surface area (Å²) in [6.07, 6.45) is 10.6. The molecular weight excluding hydrogens is 266 g/mol. The monoisotopic (exact) mass is 291 g/mol. The van der Waals surface area contributed by atoms with E-state index >= 15 is 0 Å². The Morgan fingerprint density at radius 1 is 1.19 bits per heavy atom. The standard InChI is InChI=1S/C15H25N5O/c21-15(19-9-3-1-2-4-10-19)18-13-11-17-20(12-13)14-5-7-16-8-6-14/h11-12,14,16H,1-10H2,(H,18,21). The Morgan fingerprint density at radius 2 is 1.90 bits per heavy atom. The molecule has 2 fully saturated rings. The summed E-state index contributed by atoms with van der Waals surface area (Å²) in [4.78, 5) is 14.2. The van der Waals surface area contributed by atoms with Crippen LogP contribution in [-0.2, 0) is 0 Å². The number of aromatic nitrogens is 2. The lowest BCUT2D eigenvalue weighted by molar-refractivity contribution is 0.214. The number of anilines is 1. The van der Waals surface area contributed by atoms with E-state index in [2.05, 4.69) is 15.7 Å². The minimum atomic E-state index is 0.0155. The van der Waals surface area contributed by atoms with Gasteiger partial charge in [0.2, 0.25) is 0 Å². The molecule has 0 bridgehead atoms. The van der Waals surface area contributed by atoms with Crippen LogP contribution in [0.25, 0.3) is 0 Å². The molecule has 2 saturated heterocycles. The quantitative estimate of drug-likeness (QED) is 0.878. The number of piperidine rings is 1. The summed E-state index contributed by atoms with van der Waals surface area (Å²) in [6, 6.07) is 0.469. The average Bonchev–Trinajstić information content (AvgIpc) is 2.81. The first-order valence-electron chi connectivity index (χ1n) is 8.14. The van der Waals surface area contributed by atoms with Crippen molar-refractivity contribution in [2.75, 3.05) is 31.5 Å². The zero-order valence-corrected chi connectivity index (χ0v) is 12.6. The molecule has 2 N–H and O–H groups in total. The molecule has 3 heterocycles. The summed E-state index contributed by atoms with van der Waals surface area (Å²) in [7, 11) is 0. The van der Waals surface area contributed by atoms with Crippen LogP contribution in [0.15, 0.2) is 12.4 Å². The van der Waals surface area contributed by atoms with Crippen LogP contribution < -0.4 is 10.6 Å². The van der Waals surface area contributed by atoms with E-state index in [1.54, 1.807) is 6.20 Å². The van der Waals surface area contributed by atoms with Crippen LogP contribution >= 0.6 is 0 Å². The molecule has 0 unspecified atom stereocenters. The second-order valence-corrected chi connectivity index (χ2v) is 6.02. The fraction of sp³-hybridized carbons (Fsp3) is 0.733. The minimum Gasteiger partial charge on any atom is -0.325 e. The van der Waals surface area contributed by atoms with Gasteiger partial charge in [-0.2, -0.15) is 5.10 Å². The second-order valence-electron chi connectivity index (χ2n) is 6.02. The number of carbonyl (C=O) groups is 1. The summed E-state index contributed by atoms with van der Waals surface area (Å²) in [5, 5.41) is 10.8. The predicted octanol–water partition coefficient (Wildman–Crippen LogP) is 2.22. The van der Waals surface area contributed by atoms with Crippen molar-refractivity contribution in [2.45, 2.75) is 44.6 Å². The van der Waals surface area contributed by atoms with Crippen molar-refractivity contribution < 1.29 is 4.79 Å². The fourth-order valence-electron chi connectivity index (χ4n) is 3.15. The lowest BCUT2D eigenvalue weighted by Gasteiger charge is -2.23. The lowest BCUT2D eigenvalue weighted by atomic mass is 10.1. The topological polar surface area (TPSA) is 62.2 Å². The second kappa shape index (κ2) is 6.93. The van der Waals surface area contributed by atoms with Crippen molar-refractivity contribution in [1.82, 2.24) is 20.0 Å². The zero-order chi connectivity index (χ0) is 14.5. The number of rotatable bonds is 2. The molecule has 21 heavy (non-hydrogen) atoms. The number of urea groups is 1. The van der Waals surface area contributed by atoms with Gasteiger partial charge in [0, 0.05) is 19.3 Å². The van der Waals surface area contributed by atoms with Crippen LogP contribution in [0.3, 0.4) is 0 Å². The van der Waals surface area contributed by atoms with Gasteiger partial charge < -0.3 is 15.5 Å². The summed E-state index contributed by atoms with van der Waals surface area (Å²) < 4.78 is 2.00. The summed E-state index contributed by atoms with van der Waals surface area (Å²) in [6.45, 7) is 3.82. The van der Waals surface area contributed by atoms with Gasteiger partial charge >= 0.3 is 6.03 Å². The summed E-state index contributed by atoms with van der Waals surface area (Å²) >= 11 is 0. The molecular formula is C15H25N5O. The van der Waals surface area contributed by atoms with Crippen LogP contribution in [0.1, 0.15) is 44.6 Å². The van der Waals surface area contributed by atoms with Gasteiger partial charge in [-0.15, -0.1) is 0 Å². The van der Waals surface area contributed by atoms with Crippen molar-refractivity contribution >= 4 is 11.7 Å². The normalized spacial score (nSPS) is 21.0. The van der Waals surface area contributed by atoms with Crippen LogP contribution in [0, 0.1) is 0 Å². The van der Waals surface area contributed by atoms with Crippen molar-refractivity contribution in [1.29, 1.82) is 0 Å². The molecule has 0 saturated carbocycles. The molecule has 1 aromatic heterocycles. The fourth-order valence-corrected chi connectivity index (χ4v) is 3.15. The van der Waals surface area contributed by atoms with Crippen molar-refractivity contribution in [3.63, 3.8) is 0 Å². The van der Waals surface area contributed by atoms with Gasteiger partial charge in [0.25, 0.3) is 0 Å². The lowest BCUT2D eigenvalue weighted by Crippen LogP contribution is -2.35. The van der Waals surface area contributed by atoms with Gasteiger partial charge in [-0.25, -0.2) is 4.79 Å². The molecule has 0 aromatic carbocycles. The maximum Gasteiger partial charge on any atom is 0.321 e. The molecule has 0 radical (unpaired) electrons. The van der Waals surface area contributed by atoms with Gasteiger partial charge in [-0.1, -0.05) is 12.8 Å². The van der Waals surface area contributed by atoms with E-state index in [-0.39, 0.29) is 6.03 Å². The van der Waals surface area contributed by atoms with E-state index in [4.69, 9.17) is 0 Å². The van der Waals surface area contributed by atoms with Gasteiger partial charge in [-0.3, -0.25) is 4.68 Å². The van der Waals surface area contributed by atoms with E-state index in [0.717, 1.165) is 57.5 Å². The molecule has 0 atom stereocenters. The first-order chi connectivity index (χ1) is 10.3. The number of amides is 2. The number of nitrogens with one attached hydrogen (secondary N) is 2. The Labute approximate surface area is 125 Å². The molecule has 6 nitrogen and oxygen atoms in total. The van der Waals surface area contributed by atoms with E-state index < -0.39 is 0 Å². The molecule has 116 valence electrons. The molecule has 1 aromatic rings. The van der Waals surface area contributed by atoms with Gasteiger partial charge in [-0.05, 0) is 38.8 Å². The highest BCUT2D eigenvalue weighted by atomic mass is 16.2. The van der Waals surface area contributed by atoms with E-state index in [0.29, 0.717) is 6.04 Å². The Bertz CT molecular complexity index is 458. The van der Waals surface area contributed by atoms with Gasteiger partial charge in [0.1, 0.15) is 0 Å². The Hall–Kier alpha value is -1.56. The number of carbonyl (C=O) groups excluding carboxylic acids is 1. The predicted molar refractivity (Wildman–Crippen MR) is 82.4 cm³/mol. The van der Waals surface area contributed by atoms with Gasteiger partial charge in [0.15, 0.2) is 0 Å². The first kappa shape index (κ1) is 14.4. The van der Waals surface area contributed by atoms with E-state index in [1.165, 1.54) is 12.8 Å². The SMILES string of the molecule is O=C(Nc1cnn(C2CCNCC2)c1)N1CCCCCC1. The van der Waals surface area contributed by atoms with Crippen LogP contribution in [-0.4, -0.2) is 46.9 Å². The van der Waals surface area contributed by atoms with E-state index in [1.807, 2.05) is 15.8 Å². The molecule has 2 aliphatic rings. The summed E-state index contributed by atoms with van der Waals surface area (Å²) in [5.41, 5.74) is 0.808. The maximum atomic E-state index is 12.3. The van der Waals surface area contributed by atoms with E-state index in [9.17, 15) is 4.79 Å². The molecule has 0 spiro atoms. The van der Waals surface area contributed by atoms with Gasteiger partial charge in [0.05, 0.1) is 17.9 Å². The van der Waals surface area contributed by atoms with Crippen LogP contribution in [0.2, 0.25) is 0 Å². The molecule has 2 amide bonds. The average molecular weight is 291 g/mol. The number of likely N-dealkylation sites (tertiary alicyclic amines) is 1. The number of hydrogen-bond acceptors (Lipinski definition) is 3. The first-order valence-corrected chi connectivity index (χ1v) is 8.14. The Morgan fingerprint density at radius 3 is 2.62 bits per heavy atom. The highest BCUT2D eigenvalue weighted by molar-refractivity contribution is 5.89. The van der Waals surface area contributed by atoms with Crippen molar-refractivity contribution in [2.24, 2.45) is 0 Å². The molecule has 6 heteroatoms. The third-order valence-electron chi connectivity index (χ3n) is 4.43. The Kier molecular flexibility index (Phi) is 4.75. The molecule has 2 aliphatic heterocycles. The smallest absolute Gasteiger partial charge is 0.321 e. The highest BCUT2D eigenvalue weighted by Gasteiger charge is 2.18. The third kappa shape index (κ3) is 3.75. The summed E-state index contributed by atoms with van der Waals surface area (Å²) in [5.74, 6) is 0. The minimum absolute atomic E-state index is 0.0155. The van der Waals surface area contributed by atoms with Crippen LogP contribution in [0.5, 0.6) is 0 Å². The Balaban J connectivity index is 1.57. The molecule has 0 aliphatic carbocycles. The van der Waals surface area contributed by atoms with Crippen molar-refractivity contribution in [3.8, 4) is 0 Å².